The number of nitrogens with zero attached hydrogens (tertiary/aromatic N) is 2. The van der Waals surface area contributed by atoms with Crippen LogP contribution in [0.3, 0.4) is 0 Å². The van der Waals surface area contributed by atoms with Crippen molar-refractivity contribution in [3.05, 3.63) is 47.8 Å². The first-order valence-electron chi connectivity index (χ1n) is 5.20. The third kappa shape index (κ3) is 2.42. The Labute approximate surface area is 103 Å². The van der Waals surface area contributed by atoms with Crippen LogP contribution in [0.5, 0.6) is 0 Å². The van der Waals surface area contributed by atoms with E-state index in [1.807, 2.05) is 0 Å². The SMILES string of the molecule is Cc1cc(N)cc(C(=O)Nc2cncnc2)c1F. The van der Waals surface area contributed by atoms with Crippen LogP contribution in [0.2, 0.25) is 0 Å². The molecule has 0 aliphatic carbocycles. The van der Waals surface area contributed by atoms with Crippen LogP contribution in [0.1, 0.15) is 15.9 Å². The number of rotatable bonds is 2. The van der Waals surface area contributed by atoms with Gasteiger partial charge < -0.3 is 11.1 Å². The van der Waals surface area contributed by atoms with E-state index in [4.69, 9.17) is 5.73 Å². The zero-order chi connectivity index (χ0) is 13.1. The summed E-state index contributed by atoms with van der Waals surface area (Å²) in [4.78, 5) is 19.4. The van der Waals surface area contributed by atoms with Crippen LogP contribution in [-0.2, 0) is 0 Å². The van der Waals surface area contributed by atoms with E-state index in [9.17, 15) is 9.18 Å². The van der Waals surface area contributed by atoms with Crippen LogP contribution in [-0.4, -0.2) is 15.9 Å². The molecule has 1 heterocycles. The number of aryl methyl sites for hydroxylation is 1. The number of anilines is 2. The molecule has 2 aromatic rings. The Hall–Kier alpha value is -2.50. The van der Waals surface area contributed by atoms with Crippen LogP contribution < -0.4 is 11.1 Å². The molecule has 6 heteroatoms. The molecule has 0 bridgehead atoms. The Balaban J connectivity index is 2.30. The van der Waals surface area contributed by atoms with E-state index in [2.05, 4.69) is 15.3 Å². The molecular formula is C12H11FN4O. The lowest BCUT2D eigenvalue weighted by molar-refractivity contribution is 0.102. The largest absolute Gasteiger partial charge is 0.399 e. The molecule has 0 saturated carbocycles. The number of aromatic nitrogens is 2. The summed E-state index contributed by atoms with van der Waals surface area (Å²) in [6, 6.07) is 2.76. The van der Waals surface area contributed by atoms with Gasteiger partial charge in [-0.2, -0.15) is 0 Å². The van der Waals surface area contributed by atoms with Gasteiger partial charge in [0.15, 0.2) is 0 Å². The Morgan fingerprint density at radius 3 is 2.67 bits per heavy atom. The highest BCUT2D eigenvalue weighted by Gasteiger charge is 2.14. The van der Waals surface area contributed by atoms with Crippen LogP contribution in [0.4, 0.5) is 15.8 Å². The number of carbonyl (C=O) groups is 1. The molecule has 1 aromatic carbocycles. The zero-order valence-corrected chi connectivity index (χ0v) is 9.64. The minimum absolute atomic E-state index is 0.101. The average molecular weight is 246 g/mol. The predicted octanol–water partition coefficient (Wildman–Crippen LogP) is 1.76. The van der Waals surface area contributed by atoms with Gasteiger partial charge in [0.2, 0.25) is 0 Å². The number of benzene rings is 1. The van der Waals surface area contributed by atoms with Crippen molar-refractivity contribution in [3.63, 3.8) is 0 Å². The molecule has 0 atom stereocenters. The molecular weight excluding hydrogens is 235 g/mol. The number of carbonyl (C=O) groups excluding carboxylic acids is 1. The van der Waals surface area contributed by atoms with Crippen molar-refractivity contribution in [2.24, 2.45) is 0 Å². The molecule has 92 valence electrons. The van der Waals surface area contributed by atoms with E-state index >= 15 is 0 Å². The predicted molar refractivity (Wildman–Crippen MR) is 65.5 cm³/mol. The fourth-order valence-electron chi connectivity index (χ4n) is 1.52. The number of halogens is 1. The monoisotopic (exact) mass is 246 g/mol. The molecule has 0 aliphatic heterocycles. The lowest BCUT2D eigenvalue weighted by Crippen LogP contribution is -2.15. The van der Waals surface area contributed by atoms with Crippen LogP contribution >= 0.6 is 0 Å². The van der Waals surface area contributed by atoms with Gasteiger partial charge in [-0.15, -0.1) is 0 Å². The second-order valence-corrected chi connectivity index (χ2v) is 3.78. The molecule has 0 fully saturated rings. The smallest absolute Gasteiger partial charge is 0.258 e. The van der Waals surface area contributed by atoms with Gasteiger partial charge in [0.05, 0.1) is 23.6 Å². The highest BCUT2D eigenvalue weighted by molar-refractivity contribution is 6.05. The van der Waals surface area contributed by atoms with Crippen LogP contribution in [0, 0.1) is 12.7 Å². The summed E-state index contributed by atoms with van der Waals surface area (Å²) in [6.45, 7) is 1.55. The summed E-state index contributed by atoms with van der Waals surface area (Å²) in [6.07, 6.45) is 4.17. The molecule has 2 rings (SSSR count). The van der Waals surface area contributed by atoms with Crippen molar-refractivity contribution in [1.29, 1.82) is 0 Å². The van der Waals surface area contributed by atoms with Crippen molar-refractivity contribution in [2.45, 2.75) is 6.92 Å². The molecule has 0 saturated heterocycles. The Kier molecular flexibility index (Phi) is 3.18. The first-order chi connectivity index (χ1) is 8.58. The van der Waals surface area contributed by atoms with E-state index < -0.39 is 11.7 Å². The second-order valence-electron chi connectivity index (χ2n) is 3.78. The summed E-state index contributed by atoms with van der Waals surface area (Å²) < 4.78 is 13.8. The Bertz CT molecular complexity index is 586. The quantitative estimate of drug-likeness (QED) is 0.791. The summed E-state index contributed by atoms with van der Waals surface area (Å²) in [5.41, 5.74) is 6.54. The van der Waals surface area contributed by atoms with E-state index in [1.54, 1.807) is 6.92 Å². The number of hydrogen-bond acceptors (Lipinski definition) is 4. The average Bonchev–Trinajstić information content (AvgIpc) is 2.35. The van der Waals surface area contributed by atoms with E-state index in [-0.39, 0.29) is 5.56 Å². The van der Waals surface area contributed by atoms with Gasteiger partial charge in [-0.3, -0.25) is 4.79 Å². The molecule has 0 radical (unpaired) electrons. The van der Waals surface area contributed by atoms with Gasteiger partial charge in [-0.1, -0.05) is 0 Å². The summed E-state index contributed by atoms with van der Waals surface area (Å²) in [5, 5.41) is 2.49. The summed E-state index contributed by atoms with van der Waals surface area (Å²) in [5.74, 6) is -1.17. The minimum Gasteiger partial charge on any atom is -0.399 e. The van der Waals surface area contributed by atoms with Gasteiger partial charge in [0, 0.05) is 5.69 Å². The molecule has 3 N–H and O–H groups in total. The van der Waals surface area contributed by atoms with Gasteiger partial charge in [-0.05, 0) is 24.6 Å². The first kappa shape index (κ1) is 12.0. The van der Waals surface area contributed by atoms with Gasteiger partial charge in [0.1, 0.15) is 12.1 Å². The second kappa shape index (κ2) is 4.79. The third-order valence-corrected chi connectivity index (χ3v) is 2.34. The number of nitrogen functional groups attached to an aromatic ring is 1. The number of nitrogens with one attached hydrogen (secondary N) is 1. The minimum atomic E-state index is -0.585. The maximum Gasteiger partial charge on any atom is 0.258 e. The van der Waals surface area contributed by atoms with E-state index in [0.717, 1.165) is 0 Å². The van der Waals surface area contributed by atoms with E-state index in [1.165, 1.54) is 30.9 Å². The maximum absolute atomic E-state index is 13.8. The van der Waals surface area contributed by atoms with Crippen LogP contribution in [0.15, 0.2) is 30.9 Å². The number of nitrogens with two attached hydrogens (primary N) is 1. The standard InChI is InChI=1S/C12H11FN4O/c1-7-2-8(14)3-10(11(7)13)12(18)17-9-4-15-6-16-5-9/h2-6H,14H2,1H3,(H,17,18). The van der Waals surface area contributed by atoms with E-state index in [0.29, 0.717) is 16.9 Å². The zero-order valence-electron chi connectivity index (χ0n) is 9.64. The van der Waals surface area contributed by atoms with Crippen LogP contribution in [0.25, 0.3) is 0 Å². The van der Waals surface area contributed by atoms with Crippen molar-refractivity contribution < 1.29 is 9.18 Å². The fraction of sp³-hybridized carbons (Fsp3) is 0.0833. The molecule has 1 aromatic heterocycles. The normalized spacial score (nSPS) is 10.1. The van der Waals surface area contributed by atoms with Crippen molar-refractivity contribution in [1.82, 2.24) is 9.97 Å². The number of hydrogen-bond donors (Lipinski definition) is 2. The summed E-state index contributed by atoms with van der Waals surface area (Å²) in [7, 11) is 0. The molecule has 0 spiro atoms. The maximum atomic E-state index is 13.8. The molecule has 0 aliphatic rings. The van der Waals surface area contributed by atoms with Crippen molar-refractivity contribution >= 4 is 17.3 Å². The Morgan fingerprint density at radius 2 is 2.00 bits per heavy atom. The molecule has 5 nitrogen and oxygen atoms in total. The lowest BCUT2D eigenvalue weighted by Gasteiger charge is -2.08. The first-order valence-corrected chi connectivity index (χ1v) is 5.20. The van der Waals surface area contributed by atoms with Gasteiger partial charge in [0.25, 0.3) is 5.91 Å². The highest BCUT2D eigenvalue weighted by Crippen LogP contribution is 2.18. The molecule has 18 heavy (non-hydrogen) atoms. The van der Waals surface area contributed by atoms with Gasteiger partial charge >= 0.3 is 0 Å². The summed E-state index contributed by atoms with van der Waals surface area (Å²) >= 11 is 0. The van der Waals surface area contributed by atoms with Gasteiger partial charge in [-0.25, -0.2) is 14.4 Å². The van der Waals surface area contributed by atoms with Crippen molar-refractivity contribution in [2.75, 3.05) is 11.1 Å². The molecule has 0 unspecified atom stereocenters. The topological polar surface area (TPSA) is 80.9 Å². The number of amides is 1. The lowest BCUT2D eigenvalue weighted by atomic mass is 10.1. The fourth-order valence-corrected chi connectivity index (χ4v) is 1.52. The highest BCUT2D eigenvalue weighted by atomic mass is 19.1. The third-order valence-electron chi connectivity index (χ3n) is 2.34. The molecule has 1 amide bonds. The van der Waals surface area contributed by atoms with Crippen molar-refractivity contribution in [3.8, 4) is 0 Å². The Morgan fingerprint density at radius 1 is 1.33 bits per heavy atom.